The molecule has 0 aliphatic heterocycles. The van der Waals surface area contributed by atoms with E-state index in [1.807, 2.05) is 6.92 Å². The van der Waals surface area contributed by atoms with Gasteiger partial charge in [-0.25, -0.2) is 0 Å². The molecular weight excluding hydrogens is 318 g/mol. The number of hydrogen-bond acceptors (Lipinski definition) is 2. The zero-order valence-corrected chi connectivity index (χ0v) is 15.5. The van der Waals surface area contributed by atoms with E-state index < -0.39 is 0 Å². The number of nitrogens with zero attached hydrogens (tertiary/aromatic N) is 1. The van der Waals surface area contributed by atoms with Crippen LogP contribution in [-0.2, 0) is 4.79 Å². The summed E-state index contributed by atoms with van der Waals surface area (Å²) in [4.78, 5) is 12.0. The van der Waals surface area contributed by atoms with Crippen LogP contribution in [-0.4, -0.2) is 5.78 Å². The molecule has 24 heavy (non-hydrogen) atoms. The molecule has 0 aromatic rings. The molecule has 0 bridgehead atoms. The van der Waals surface area contributed by atoms with Crippen LogP contribution in [0.3, 0.4) is 0 Å². The summed E-state index contributed by atoms with van der Waals surface area (Å²) in [5.74, 6) is 2.88. The van der Waals surface area contributed by atoms with Crippen molar-refractivity contribution in [3.8, 4) is 6.07 Å². The van der Waals surface area contributed by atoms with Crippen LogP contribution in [0.4, 0.5) is 0 Å². The lowest BCUT2D eigenvalue weighted by Crippen LogP contribution is -2.45. The molecule has 0 N–H and O–H groups in total. The van der Waals surface area contributed by atoms with Crippen molar-refractivity contribution >= 4 is 17.4 Å². The summed E-state index contributed by atoms with van der Waals surface area (Å²) < 4.78 is 0. The van der Waals surface area contributed by atoms with Gasteiger partial charge in [-0.15, -0.1) is 0 Å². The van der Waals surface area contributed by atoms with Gasteiger partial charge >= 0.3 is 0 Å². The summed E-state index contributed by atoms with van der Waals surface area (Å²) in [6, 6.07) is 2.41. The summed E-state index contributed by atoms with van der Waals surface area (Å²) in [5.41, 5.74) is 3.91. The summed E-state index contributed by atoms with van der Waals surface area (Å²) >= 11 is 6.38. The minimum absolute atomic E-state index is 0.165. The van der Waals surface area contributed by atoms with E-state index >= 15 is 0 Å². The van der Waals surface area contributed by atoms with Gasteiger partial charge in [-0.1, -0.05) is 24.1 Å². The maximum Gasteiger partial charge on any atom is 0.174 e. The summed E-state index contributed by atoms with van der Waals surface area (Å²) in [7, 11) is 0. The van der Waals surface area contributed by atoms with Crippen molar-refractivity contribution in [3.63, 3.8) is 0 Å². The molecule has 0 saturated heterocycles. The Bertz CT molecular complexity index is 697. The van der Waals surface area contributed by atoms with Gasteiger partial charge in [0.25, 0.3) is 0 Å². The van der Waals surface area contributed by atoms with Gasteiger partial charge in [-0.2, -0.15) is 5.26 Å². The van der Waals surface area contributed by atoms with Crippen molar-refractivity contribution in [3.05, 3.63) is 21.8 Å². The molecule has 4 aliphatic rings. The summed E-state index contributed by atoms with van der Waals surface area (Å²) in [6.07, 6.45) is 8.61. The molecule has 4 aliphatic carbocycles. The molecule has 0 aromatic carbocycles. The Hall–Kier alpha value is -1.07. The molecule has 0 heterocycles. The first-order valence-corrected chi connectivity index (χ1v) is 9.87. The van der Waals surface area contributed by atoms with Crippen LogP contribution >= 0.6 is 11.6 Å². The van der Waals surface area contributed by atoms with Crippen molar-refractivity contribution in [2.45, 2.75) is 65.2 Å². The SMILES string of the molecule is C/C(C#N)=C1\CC[C@H]2[C@@H]3CCC4=C(Cl)C(=O)CC[C@@H]4[C@H]3CC[C@]12C. The third kappa shape index (κ3) is 2.17. The first-order valence-electron chi connectivity index (χ1n) is 9.49. The van der Waals surface area contributed by atoms with Crippen molar-refractivity contribution in [1.82, 2.24) is 0 Å². The molecule has 3 heteroatoms. The smallest absolute Gasteiger partial charge is 0.174 e. The van der Waals surface area contributed by atoms with Crippen molar-refractivity contribution in [2.75, 3.05) is 0 Å². The number of rotatable bonds is 0. The van der Waals surface area contributed by atoms with Gasteiger partial charge in [-0.05, 0) is 86.5 Å². The Morgan fingerprint density at radius 3 is 2.71 bits per heavy atom. The van der Waals surface area contributed by atoms with E-state index in [1.54, 1.807) is 0 Å². The van der Waals surface area contributed by atoms with E-state index in [9.17, 15) is 10.1 Å². The number of nitriles is 1. The number of hydrogen-bond donors (Lipinski definition) is 0. The molecular formula is C21H26ClNO. The quantitative estimate of drug-likeness (QED) is 0.542. The molecule has 0 amide bonds. The highest BCUT2D eigenvalue weighted by atomic mass is 35.5. The van der Waals surface area contributed by atoms with E-state index in [1.165, 1.54) is 36.8 Å². The molecule has 3 saturated carbocycles. The largest absolute Gasteiger partial charge is 0.293 e. The number of carbonyl (C=O) groups is 1. The minimum atomic E-state index is 0.165. The summed E-state index contributed by atoms with van der Waals surface area (Å²) in [5, 5.41) is 9.95. The lowest BCUT2D eigenvalue weighted by molar-refractivity contribution is -0.116. The molecule has 2 nitrogen and oxygen atoms in total. The van der Waals surface area contributed by atoms with Crippen molar-refractivity contribution < 1.29 is 4.79 Å². The van der Waals surface area contributed by atoms with Gasteiger partial charge in [0.2, 0.25) is 0 Å². The normalized spacial score (nSPS) is 43.7. The second-order valence-corrected chi connectivity index (χ2v) is 8.97. The Morgan fingerprint density at radius 1 is 1.17 bits per heavy atom. The molecule has 128 valence electrons. The molecule has 0 radical (unpaired) electrons. The molecule has 3 fully saturated rings. The predicted molar refractivity (Wildman–Crippen MR) is 95.2 cm³/mol. The monoisotopic (exact) mass is 343 g/mol. The van der Waals surface area contributed by atoms with Crippen LogP contribution in [0.5, 0.6) is 0 Å². The molecule has 4 rings (SSSR count). The number of allylic oxidation sites excluding steroid dienone is 3. The number of ketones is 1. The lowest BCUT2D eigenvalue weighted by atomic mass is 9.52. The zero-order valence-electron chi connectivity index (χ0n) is 14.7. The third-order valence-corrected chi connectivity index (χ3v) is 8.27. The molecule has 0 unspecified atom stereocenters. The number of halogens is 1. The predicted octanol–water partition coefficient (Wildman–Crippen LogP) is 5.53. The fourth-order valence-corrected chi connectivity index (χ4v) is 7.06. The van der Waals surface area contributed by atoms with Gasteiger partial charge in [-0.3, -0.25) is 4.79 Å². The second-order valence-electron chi connectivity index (χ2n) is 8.59. The van der Waals surface area contributed by atoms with Crippen LogP contribution < -0.4 is 0 Å². The molecule has 0 spiro atoms. The minimum Gasteiger partial charge on any atom is -0.293 e. The maximum absolute atomic E-state index is 12.0. The van der Waals surface area contributed by atoms with E-state index in [4.69, 9.17) is 11.6 Å². The molecule has 0 aromatic heterocycles. The van der Waals surface area contributed by atoms with Gasteiger partial charge in [0.15, 0.2) is 5.78 Å². The maximum atomic E-state index is 12.0. The van der Waals surface area contributed by atoms with Crippen LogP contribution in [0, 0.1) is 40.4 Å². The Morgan fingerprint density at radius 2 is 1.96 bits per heavy atom. The van der Waals surface area contributed by atoms with Crippen LogP contribution in [0.2, 0.25) is 0 Å². The van der Waals surface area contributed by atoms with E-state index in [0.29, 0.717) is 29.2 Å². The Balaban J connectivity index is 1.67. The standard InChI is InChI=1S/C21H26ClNO/c1-12(11-23)17-6-7-18-15-3-4-16-13(5-8-19(24)20(16)22)14(15)9-10-21(17,18)2/h13-15,18H,3-10H2,1-2H3/b17-12-/t13-,14-,15-,18+,21-/m1/s1. The van der Waals surface area contributed by atoms with Gasteiger partial charge in [0.1, 0.15) is 0 Å². The lowest BCUT2D eigenvalue weighted by Gasteiger charge is -2.53. The first kappa shape index (κ1) is 16.4. The van der Waals surface area contributed by atoms with E-state index in [2.05, 4.69) is 13.0 Å². The zero-order chi connectivity index (χ0) is 17.1. The number of carbonyl (C=O) groups excluding carboxylic acids is 1. The molecule has 5 atom stereocenters. The van der Waals surface area contributed by atoms with Gasteiger partial charge in [0.05, 0.1) is 11.1 Å². The van der Waals surface area contributed by atoms with Gasteiger partial charge < -0.3 is 0 Å². The average molecular weight is 344 g/mol. The topological polar surface area (TPSA) is 40.9 Å². The Kier molecular flexibility index (Phi) is 3.92. The fraction of sp³-hybridized carbons (Fsp3) is 0.714. The highest BCUT2D eigenvalue weighted by Crippen LogP contribution is 2.64. The number of fused-ring (bicyclic) bond motifs is 5. The highest BCUT2D eigenvalue weighted by molar-refractivity contribution is 6.43. The van der Waals surface area contributed by atoms with E-state index in [-0.39, 0.29) is 11.2 Å². The Labute approximate surface area is 149 Å². The average Bonchev–Trinajstić information content (AvgIpc) is 2.94. The van der Waals surface area contributed by atoms with Crippen molar-refractivity contribution in [2.24, 2.45) is 29.1 Å². The first-order chi connectivity index (χ1) is 11.5. The van der Waals surface area contributed by atoms with Crippen LogP contribution in [0.1, 0.15) is 65.2 Å². The second kappa shape index (κ2) is 5.73. The highest BCUT2D eigenvalue weighted by Gasteiger charge is 2.55. The number of Topliss-reactive ketones (excluding diaryl/α,β-unsaturated/α-hetero) is 1. The van der Waals surface area contributed by atoms with Crippen LogP contribution in [0.15, 0.2) is 21.8 Å². The van der Waals surface area contributed by atoms with Crippen LogP contribution in [0.25, 0.3) is 0 Å². The van der Waals surface area contributed by atoms with E-state index in [0.717, 1.165) is 30.8 Å². The van der Waals surface area contributed by atoms with Crippen molar-refractivity contribution in [1.29, 1.82) is 5.26 Å². The summed E-state index contributed by atoms with van der Waals surface area (Å²) in [6.45, 7) is 4.42. The fourth-order valence-electron chi connectivity index (χ4n) is 6.73. The van der Waals surface area contributed by atoms with Gasteiger partial charge in [0, 0.05) is 12.0 Å². The third-order valence-electron chi connectivity index (χ3n) is 7.82.